The minimum Gasteiger partial charge on any atom is 0 e. The molecule has 8 heteroatoms. The van der Waals surface area contributed by atoms with Gasteiger partial charge in [-0.1, -0.05) is 71.6 Å². The van der Waals surface area contributed by atoms with E-state index in [4.69, 9.17) is 9.40 Å². The molecule has 0 N–H and O–H groups in total. The smallest absolute Gasteiger partial charge is 0 e. The summed E-state index contributed by atoms with van der Waals surface area (Å²) < 4.78 is 27.9. The summed E-state index contributed by atoms with van der Waals surface area (Å²) in [6.45, 7) is 0. The molecule has 4 heterocycles. The molecule has 0 saturated heterocycles. The first-order valence-electron chi connectivity index (χ1n) is 19.3. The summed E-state index contributed by atoms with van der Waals surface area (Å²) in [5.74, 6) is 7.45. The second kappa shape index (κ2) is 15.8. The van der Waals surface area contributed by atoms with E-state index >= 15 is 4.39 Å². The van der Waals surface area contributed by atoms with Crippen LogP contribution in [0.3, 0.4) is 0 Å². The predicted octanol–water partition coefficient (Wildman–Crippen LogP) is 13.7. The van der Waals surface area contributed by atoms with Crippen LogP contribution in [-0.2, 0) is 20.1 Å². The second-order valence-corrected chi connectivity index (χ2v) is 27.1. The Morgan fingerprint density at radius 1 is 0.644 bits per heavy atom. The molecular weight excluding hydrogens is 986 g/mol. The van der Waals surface area contributed by atoms with E-state index in [0.29, 0.717) is 17.0 Å². The van der Waals surface area contributed by atoms with Gasteiger partial charge in [-0.15, -0.1) is 29.5 Å². The van der Waals surface area contributed by atoms with Crippen molar-refractivity contribution in [3.8, 4) is 39.5 Å². The standard InChI is InChI=1S/C37H20FN2OS.C14H16GeN.Ir/c38-30-20-23(22-9-2-1-3-10-22)19-29-26-12-8-13-27(35(26)41-36(29)30)37-39-31-14-5-6-15-32(31)40(37)24-17-18-34-28(21-24)25-11-4-7-16-33(25)42-34;1-15(2,3)13-9-10-14(16-11-13)12-7-5-4-6-8-12;/h1-12,14-21H;4-7,9-11H,1-3H3;/q2*-1;. The van der Waals surface area contributed by atoms with E-state index in [0.717, 1.165) is 49.9 Å². The first-order valence-corrected chi connectivity index (χ1v) is 27.4. The van der Waals surface area contributed by atoms with Crippen LogP contribution in [0.25, 0.3) is 92.6 Å². The fourth-order valence-corrected chi connectivity index (χ4v) is 10.9. The molecule has 0 amide bonds. The molecule has 0 unspecified atom stereocenters. The van der Waals surface area contributed by atoms with Crippen molar-refractivity contribution < 1.29 is 28.9 Å². The third kappa shape index (κ3) is 7.23. The van der Waals surface area contributed by atoms with Crippen LogP contribution in [0.4, 0.5) is 4.39 Å². The van der Waals surface area contributed by atoms with E-state index in [1.54, 1.807) is 17.4 Å². The monoisotopic (exact) mass is 1020 g/mol. The number of halogens is 1. The Morgan fingerprint density at radius 2 is 1.42 bits per heavy atom. The molecular formula is C51H36FGeIrN3OS-2. The number of fused-ring (bicyclic) bond motifs is 7. The maximum Gasteiger partial charge on any atom is 0 e. The Hall–Kier alpha value is -5.70. The molecule has 0 aliphatic heterocycles. The average molecular weight is 1020 g/mol. The van der Waals surface area contributed by atoms with Gasteiger partial charge in [0.2, 0.25) is 0 Å². The first kappa shape index (κ1) is 38.8. The molecule has 11 rings (SSSR count). The van der Waals surface area contributed by atoms with Gasteiger partial charge >= 0.3 is 99.8 Å². The van der Waals surface area contributed by atoms with E-state index in [-0.39, 0.29) is 25.7 Å². The van der Waals surface area contributed by atoms with Gasteiger partial charge in [-0.25, -0.2) is 4.39 Å². The van der Waals surface area contributed by atoms with Crippen LogP contribution in [0.2, 0.25) is 17.3 Å². The van der Waals surface area contributed by atoms with Crippen molar-refractivity contribution in [2.24, 2.45) is 0 Å². The number of nitrogens with zero attached hydrogens (tertiary/aromatic N) is 3. The quantitative estimate of drug-likeness (QED) is 0.127. The normalized spacial score (nSPS) is 11.6. The number of furan rings is 1. The Labute approximate surface area is 361 Å². The van der Waals surface area contributed by atoms with Crippen molar-refractivity contribution >= 4 is 82.1 Å². The summed E-state index contributed by atoms with van der Waals surface area (Å²) in [5.41, 5.74) is 8.16. The third-order valence-corrected chi connectivity index (χ3v) is 16.0. The number of aromatic nitrogens is 3. The first-order chi connectivity index (χ1) is 28.3. The summed E-state index contributed by atoms with van der Waals surface area (Å²) in [6.07, 6.45) is 2.04. The van der Waals surface area contributed by atoms with Crippen LogP contribution in [0, 0.1) is 17.9 Å². The number of benzene rings is 7. The third-order valence-electron chi connectivity index (χ3n) is 10.6. The SMILES string of the molecule is Fc1cc(-c2ccccc2)cc2c1oc1c(-c3nc4ccccc4n3-c3ccc4sc5ccccc5c4c3)[c-]ccc12.[CH3][Ge]([CH3])([CH3])[c]1ccc(-c2[c-]cccc2)nc1.[Ir]. The fraction of sp³-hybridized carbons (Fsp3) is 0.0588. The maximum atomic E-state index is 15.5. The number of rotatable bonds is 5. The van der Waals surface area contributed by atoms with E-state index < -0.39 is 19.1 Å². The topological polar surface area (TPSA) is 43.9 Å². The number of imidazole rings is 1. The fourth-order valence-electron chi connectivity index (χ4n) is 7.62. The minimum atomic E-state index is -1.72. The van der Waals surface area contributed by atoms with Gasteiger partial charge in [-0.2, -0.15) is 0 Å². The zero-order chi connectivity index (χ0) is 39.4. The number of hydrogen-bond acceptors (Lipinski definition) is 4. The van der Waals surface area contributed by atoms with Crippen molar-refractivity contribution in [2.75, 3.05) is 0 Å². The van der Waals surface area contributed by atoms with Crippen LogP contribution in [-0.4, -0.2) is 27.8 Å². The maximum absolute atomic E-state index is 15.5. The molecule has 0 spiro atoms. The Bertz CT molecular complexity index is 3280. The van der Waals surface area contributed by atoms with E-state index in [1.807, 2.05) is 97.2 Å². The van der Waals surface area contributed by atoms with Gasteiger partial charge in [0.1, 0.15) is 0 Å². The summed E-state index contributed by atoms with van der Waals surface area (Å²) in [4.78, 5) is 9.61. The number of hydrogen-bond donors (Lipinski definition) is 0. The molecule has 7 aromatic carbocycles. The summed E-state index contributed by atoms with van der Waals surface area (Å²) in [7, 11) is 0. The zero-order valence-electron chi connectivity index (χ0n) is 32.5. The van der Waals surface area contributed by atoms with Gasteiger partial charge < -0.3 is 8.98 Å². The zero-order valence-corrected chi connectivity index (χ0v) is 37.8. The van der Waals surface area contributed by atoms with Crippen molar-refractivity contribution in [2.45, 2.75) is 17.3 Å². The van der Waals surface area contributed by atoms with Gasteiger partial charge in [0, 0.05) is 51.4 Å². The largest absolute Gasteiger partial charge is 0 e. The van der Waals surface area contributed by atoms with Gasteiger partial charge in [-0.05, 0) is 59.7 Å². The Morgan fingerprint density at radius 3 is 2.22 bits per heavy atom. The number of thiophene rings is 1. The summed E-state index contributed by atoms with van der Waals surface area (Å²) >= 11 is 0.0794. The van der Waals surface area contributed by atoms with E-state index in [9.17, 15) is 0 Å². The van der Waals surface area contributed by atoms with Gasteiger partial charge in [0.25, 0.3) is 0 Å². The second-order valence-electron chi connectivity index (χ2n) is 15.4. The summed E-state index contributed by atoms with van der Waals surface area (Å²) in [6, 6.07) is 59.2. The van der Waals surface area contributed by atoms with Crippen molar-refractivity contribution in [1.82, 2.24) is 14.5 Å². The molecule has 289 valence electrons. The molecule has 11 aromatic rings. The Kier molecular flexibility index (Phi) is 10.4. The molecule has 0 aliphatic carbocycles. The van der Waals surface area contributed by atoms with Crippen LogP contribution < -0.4 is 4.40 Å². The minimum absolute atomic E-state index is 0. The van der Waals surface area contributed by atoms with Crippen LogP contribution in [0.5, 0.6) is 0 Å². The van der Waals surface area contributed by atoms with E-state index in [1.165, 1.54) is 24.6 Å². The molecule has 0 aliphatic rings. The van der Waals surface area contributed by atoms with Gasteiger partial charge in [0.15, 0.2) is 11.4 Å². The molecule has 0 atom stereocenters. The number of pyridine rings is 1. The number of para-hydroxylation sites is 2. The Balaban J connectivity index is 0.000000224. The average Bonchev–Trinajstić information content (AvgIpc) is 3.96. The van der Waals surface area contributed by atoms with Gasteiger partial charge in [0.05, 0.1) is 22.4 Å². The molecule has 0 saturated carbocycles. The molecule has 4 nitrogen and oxygen atoms in total. The van der Waals surface area contributed by atoms with Crippen LogP contribution in [0.15, 0.2) is 168 Å². The van der Waals surface area contributed by atoms with Crippen molar-refractivity contribution in [3.63, 3.8) is 0 Å². The van der Waals surface area contributed by atoms with Gasteiger partial charge in [-0.3, -0.25) is 4.98 Å². The molecule has 1 radical (unpaired) electrons. The van der Waals surface area contributed by atoms with Crippen LogP contribution in [0.1, 0.15) is 0 Å². The summed E-state index contributed by atoms with van der Waals surface area (Å²) in [5, 5.41) is 4.00. The molecule has 0 bridgehead atoms. The predicted molar refractivity (Wildman–Crippen MR) is 242 cm³/mol. The molecule has 0 fully saturated rings. The van der Waals surface area contributed by atoms with E-state index in [2.05, 4.69) is 99.6 Å². The molecule has 4 aromatic heterocycles. The molecule has 59 heavy (non-hydrogen) atoms. The van der Waals surface area contributed by atoms with Crippen molar-refractivity contribution in [3.05, 3.63) is 182 Å². The van der Waals surface area contributed by atoms with Crippen LogP contribution >= 0.6 is 11.3 Å². The van der Waals surface area contributed by atoms with Crippen molar-refractivity contribution in [1.29, 1.82) is 0 Å².